The molecule has 0 unspecified atom stereocenters. The van der Waals surface area contributed by atoms with E-state index in [1.165, 1.54) is 7.05 Å². The van der Waals surface area contributed by atoms with Gasteiger partial charge in [-0.1, -0.05) is 0 Å². The van der Waals surface area contributed by atoms with Crippen LogP contribution in [0.25, 0.3) is 0 Å². The van der Waals surface area contributed by atoms with Gasteiger partial charge in [0, 0.05) is 0 Å². The molecule has 0 saturated heterocycles. The topological polar surface area (TPSA) is 43.6 Å². The van der Waals surface area contributed by atoms with Crippen LogP contribution < -0.4 is 0 Å². The molecule has 0 aliphatic heterocycles. The molecule has 0 aromatic carbocycles. The van der Waals surface area contributed by atoms with Gasteiger partial charge in [-0.25, -0.2) is 0 Å². The van der Waals surface area contributed by atoms with Crippen molar-refractivity contribution in [3.05, 3.63) is 5.82 Å². The van der Waals surface area contributed by atoms with Crippen LogP contribution in [0.1, 0.15) is 12.2 Å². The third-order valence-corrected chi connectivity index (χ3v) is 1.26. The third-order valence-electron chi connectivity index (χ3n) is 1.26. The molecule has 1 rings (SSSR count). The lowest BCUT2D eigenvalue weighted by molar-refractivity contribution is -0.193. The van der Waals surface area contributed by atoms with Crippen molar-refractivity contribution in [1.29, 1.82) is 0 Å². The molecule has 0 amide bonds. The smallest absolute Gasteiger partial charge is 0.197 e. The van der Waals surface area contributed by atoms with E-state index in [0.717, 1.165) is 0 Å². The Kier molecular flexibility index (Phi) is 2.42. The molecule has 0 aliphatic rings. The fraction of sp³-hybridized carbons (Fsp3) is 0.800. The average Bonchev–Trinajstić information content (AvgIpc) is 2.29. The monoisotopic (exact) mass is 216 g/mol. The van der Waals surface area contributed by atoms with Crippen molar-refractivity contribution >= 4 is 0 Å². The van der Waals surface area contributed by atoms with Gasteiger partial charge in [0.15, 0.2) is 0 Å². The van der Waals surface area contributed by atoms with Crippen molar-refractivity contribution in [3.8, 4) is 0 Å². The predicted octanol–water partition coefficient (Wildman–Crippen LogP) is 1.25. The van der Waals surface area contributed by atoms with E-state index in [4.69, 9.17) is 0 Å². The number of hydrogen-bond acceptors (Lipinski definition) is 3. The maximum Gasteiger partial charge on any atom is 0.395 e. The summed E-state index contributed by atoms with van der Waals surface area (Å²) in [5.74, 6) is -5.36. The first-order valence-corrected chi connectivity index (χ1v) is 3.40. The van der Waals surface area contributed by atoms with Crippen molar-refractivity contribution < 1.29 is 22.0 Å². The summed E-state index contributed by atoms with van der Waals surface area (Å²) in [5, 5.41) is 8.86. The van der Waals surface area contributed by atoms with E-state index >= 15 is 0 Å². The number of alkyl halides is 5. The molecule has 1 aromatic heterocycles. The van der Waals surface area contributed by atoms with E-state index < -0.39 is 24.3 Å². The molecule has 0 N–H and O–H groups in total. The summed E-state index contributed by atoms with van der Waals surface area (Å²) in [5.41, 5.74) is 0. The van der Waals surface area contributed by atoms with Gasteiger partial charge in [0.25, 0.3) is 0 Å². The van der Waals surface area contributed by atoms with Gasteiger partial charge >= 0.3 is 12.1 Å². The minimum absolute atomic E-state index is 0.666. The van der Waals surface area contributed by atoms with Crippen molar-refractivity contribution in [2.24, 2.45) is 7.05 Å². The summed E-state index contributed by atoms with van der Waals surface area (Å²) in [6, 6.07) is 0. The number of rotatable bonds is 2. The quantitative estimate of drug-likeness (QED) is 0.699. The second kappa shape index (κ2) is 3.14. The molecule has 0 fully saturated rings. The van der Waals surface area contributed by atoms with Gasteiger partial charge in [0.2, 0.25) is 5.82 Å². The lowest BCUT2D eigenvalue weighted by Gasteiger charge is -2.13. The largest absolute Gasteiger partial charge is 0.395 e. The molecule has 0 bridgehead atoms. The highest BCUT2D eigenvalue weighted by atomic mass is 19.4. The Morgan fingerprint density at radius 1 is 1.21 bits per heavy atom. The van der Waals surface area contributed by atoms with Crippen molar-refractivity contribution in [3.63, 3.8) is 0 Å². The van der Waals surface area contributed by atoms with E-state index in [1.54, 1.807) is 0 Å². The molecular weight excluding hydrogens is 211 g/mol. The fourth-order valence-electron chi connectivity index (χ4n) is 0.761. The van der Waals surface area contributed by atoms with Crippen LogP contribution in [-0.2, 0) is 13.0 Å². The Labute approximate surface area is 74.7 Å². The second-order valence-corrected chi connectivity index (χ2v) is 2.60. The zero-order valence-electron chi connectivity index (χ0n) is 6.89. The van der Waals surface area contributed by atoms with Crippen LogP contribution in [0.5, 0.6) is 0 Å². The molecule has 0 aliphatic carbocycles. The highest BCUT2D eigenvalue weighted by Gasteiger charge is 2.47. The van der Waals surface area contributed by atoms with Crippen LogP contribution in [0.2, 0.25) is 0 Å². The molecule has 0 spiro atoms. The Balaban J connectivity index is 2.85. The molecule has 1 heterocycles. The highest BCUT2D eigenvalue weighted by Crippen LogP contribution is 2.37. The third kappa shape index (κ3) is 2.60. The zero-order valence-corrected chi connectivity index (χ0v) is 6.89. The first-order valence-electron chi connectivity index (χ1n) is 3.40. The molecule has 4 nitrogen and oxygen atoms in total. The molecular formula is C5H5F5N4. The Hall–Kier alpha value is -1.28. The van der Waals surface area contributed by atoms with Gasteiger partial charge in [-0.15, -0.1) is 10.2 Å². The normalized spacial score (nSPS) is 13.3. The Morgan fingerprint density at radius 3 is 2.14 bits per heavy atom. The molecule has 0 radical (unpaired) electrons. The van der Waals surface area contributed by atoms with Gasteiger partial charge in [0.1, 0.15) is 6.42 Å². The minimum atomic E-state index is -4.97. The number of halogens is 5. The number of aryl methyl sites for hydroxylation is 1. The van der Waals surface area contributed by atoms with Gasteiger partial charge in [0.05, 0.1) is 7.05 Å². The summed E-state index contributed by atoms with van der Waals surface area (Å²) >= 11 is 0. The van der Waals surface area contributed by atoms with E-state index in [-0.39, 0.29) is 0 Å². The maximum atomic E-state index is 12.8. The summed E-state index contributed by atoms with van der Waals surface area (Å²) in [7, 11) is 1.18. The van der Waals surface area contributed by atoms with Crippen LogP contribution in [-0.4, -0.2) is 26.4 Å². The lowest BCUT2D eigenvalue weighted by atomic mass is 10.2. The molecule has 0 atom stereocenters. The molecule has 0 saturated carbocycles. The standard InChI is InChI=1S/C5H5F5N4/c1-14-12-3(11-13-14)4(6,7)2-5(8,9)10/h2H2,1H3. The van der Waals surface area contributed by atoms with Crippen LogP contribution in [0.4, 0.5) is 22.0 Å². The maximum absolute atomic E-state index is 12.8. The SMILES string of the molecule is Cn1nnc(C(F)(F)CC(F)(F)F)n1. The number of hydrogen-bond donors (Lipinski definition) is 0. The number of aromatic nitrogens is 4. The fourth-order valence-corrected chi connectivity index (χ4v) is 0.761. The number of tetrazole rings is 1. The van der Waals surface area contributed by atoms with E-state index in [0.29, 0.717) is 4.80 Å². The summed E-state index contributed by atoms with van der Waals surface area (Å²) in [6.07, 6.45) is -7.26. The van der Waals surface area contributed by atoms with Crippen molar-refractivity contribution in [2.75, 3.05) is 0 Å². The second-order valence-electron chi connectivity index (χ2n) is 2.60. The van der Waals surface area contributed by atoms with Crippen LogP contribution >= 0.6 is 0 Å². The molecule has 9 heteroatoms. The van der Waals surface area contributed by atoms with Crippen LogP contribution in [0.15, 0.2) is 0 Å². The lowest BCUT2D eigenvalue weighted by Crippen LogP contribution is -2.25. The first-order chi connectivity index (χ1) is 6.21. The van der Waals surface area contributed by atoms with E-state index in [1.807, 2.05) is 0 Å². The van der Waals surface area contributed by atoms with Gasteiger partial charge < -0.3 is 0 Å². The highest BCUT2D eigenvalue weighted by molar-refractivity contribution is 4.91. The summed E-state index contributed by atoms with van der Waals surface area (Å²) in [6.45, 7) is 0. The van der Waals surface area contributed by atoms with E-state index in [2.05, 4.69) is 15.4 Å². The summed E-state index contributed by atoms with van der Waals surface area (Å²) < 4.78 is 60.6. The average molecular weight is 216 g/mol. The molecule has 1 aromatic rings. The van der Waals surface area contributed by atoms with Gasteiger partial charge in [-0.05, 0) is 5.21 Å². The van der Waals surface area contributed by atoms with Crippen LogP contribution in [0.3, 0.4) is 0 Å². The van der Waals surface area contributed by atoms with E-state index in [9.17, 15) is 22.0 Å². The van der Waals surface area contributed by atoms with Gasteiger partial charge in [-0.3, -0.25) is 0 Å². The number of nitrogens with zero attached hydrogens (tertiary/aromatic N) is 4. The van der Waals surface area contributed by atoms with Gasteiger partial charge in [-0.2, -0.15) is 26.7 Å². The van der Waals surface area contributed by atoms with Crippen LogP contribution in [0, 0.1) is 0 Å². The zero-order chi connectivity index (χ0) is 11.0. The summed E-state index contributed by atoms with van der Waals surface area (Å²) in [4.78, 5) is 0.666. The Bertz CT molecular complexity index is 316. The minimum Gasteiger partial charge on any atom is -0.197 e. The molecule has 14 heavy (non-hydrogen) atoms. The van der Waals surface area contributed by atoms with Crippen molar-refractivity contribution in [2.45, 2.75) is 18.5 Å². The Morgan fingerprint density at radius 2 is 1.79 bits per heavy atom. The first kappa shape index (κ1) is 10.8. The molecule has 80 valence electrons. The van der Waals surface area contributed by atoms with Crippen molar-refractivity contribution in [1.82, 2.24) is 20.2 Å². The predicted molar refractivity (Wildman–Crippen MR) is 33.4 cm³/mol.